The van der Waals surface area contributed by atoms with Crippen molar-refractivity contribution in [1.82, 2.24) is 30.6 Å². The standard InChI is InChI=1S/C21H30N4O3.C12H24N2O2.C9H7ClN2O/c1-21(2,3)28-20(26)23-13-14-5-8-16(9-6-14)24-17-10-7-15-11-12-22-19(27-4)18(15)25-17;1-12(2,3)16-11(15)14-8-9-4-6-10(13)7-5-9;1-13-9-8-6(4-5-11-9)2-3-7(10)12-8/h7,10-12,14,16H,5-6,8-9,13H2,1-4H3,(H,23,26)(H,24,25);9-10H,4-8,13H2,1-3H3,(H,14,15);2-5H,1H3. The van der Waals surface area contributed by atoms with Crippen molar-refractivity contribution in [2.75, 3.05) is 32.6 Å². The van der Waals surface area contributed by atoms with Gasteiger partial charge in [-0.1, -0.05) is 11.6 Å². The first kappa shape index (κ1) is 45.0. The second-order valence-corrected chi connectivity index (χ2v) is 16.9. The number of carbonyl (C=O) groups is 2. The van der Waals surface area contributed by atoms with Crippen LogP contribution < -0.4 is 31.2 Å². The molecule has 0 radical (unpaired) electrons. The first-order valence-corrected chi connectivity index (χ1v) is 20.1. The van der Waals surface area contributed by atoms with Gasteiger partial charge in [0, 0.05) is 48.3 Å². The third-order valence-corrected chi connectivity index (χ3v) is 9.67. The third-order valence-electron chi connectivity index (χ3n) is 9.46. The molecule has 15 heteroatoms. The Morgan fingerprint density at radius 2 is 1.14 bits per heavy atom. The molecule has 312 valence electrons. The molecular weight excluding hydrogens is 748 g/mol. The Kier molecular flexibility index (Phi) is 16.7. The van der Waals surface area contributed by atoms with Gasteiger partial charge >= 0.3 is 12.2 Å². The number of amides is 2. The van der Waals surface area contributed by atoms with E-state index in [4.69, 9.17) is 36.3 Å². The van der Waals surface area contributed by atoms with Crippen molar-refractivity contribution in [2.45, 2.75) is 116 Å². The quantitative estimate of drug-likeness (QED) is 0.125. The van der Waals surface area contributed by atoms with Crippen LogP contribution in [0.4, 0.5) is 15.4 Å². The van der Waals surface area contributed by atoms with Gasteiger partial charge in [0.25, 0.3) is 0 Å². The highest BCUT2D eigenvalue weighted by molar-refractivity contribution is 6.29. The van der Waals surface area contributed by atoms with Crippen LogP contribution in [0.15, 0.2) is 48.8 Å². The van der Waals surface area contributed by atoms with Gasteiger partial charge in [-0.05, 0) is 141 Å². The lowest BCUT2D eigenvalue weighted by Crippen LogP contribution is -2.37. The number of pyridine rings is 4. The molecule has 57 heavy (non-hydrogen) atoms. The van der Waals surface area contributed by atoms with Gasteiger partial charge in [0.1, 0.15) is 33.2 Å². The number of hydrogen-bond acceptors (Lipinski definition) is 12. The normalized spacial score (nSPS) is 19.5. The average Bonchev–Trinajstić information content (AvgIpc) is 3.16. The predicted octanol–water partition coefficient (Wildman–Crippen LogP) is 8.45. The van der Waals surface area contributed by atoms with Crippen molar-refractivity contribution < 1.29 is 28.5 Å². The highest BCUT2D eigenvalue weighted by Crippen LogP contribution is 2.28. The summed E-state index contributed by atoms with van der Waals surface area (Å²) in [4.78, 5) is 40.3. The number of nitrogens with one attached hydrogen (secondary N) is 3. The van der Waals surface area contributed by atoms with E-state index in [1.165, 1.54) is 0 Å². The molecule has 0 aromatic carbocycles. The molecule has 0 unspecified atom stereocenters. The molecule has 0 atom stereocenters. The highest BCUT2D eigenvalue weighted by Gasteiger charge is 2.24. The summed E-state index contributed by atoms with van der Waals surface area (Å²) in [7, 11) is 3.17. The van der Waals surface area contributed by atoms with Gasteiger partial charge in [-0.25, -0.2) is 29.5 Å². The van der Waals surface area contributed by atoms with Gasteiger partial charge < -0.3 is 40.6 Å². The van der Waals surface area contributed by atoms with E-state index < -0.39 is 11.2 Å². The molecule has 4 aromatic rings. The predicted molar refractivity (Wildman–Crippen MR) is 225 cm³/mol. The number of hydrogen-bond donors (Lipinski definition) is 4. The summed E-state index contributed by atoms with van der Waals surface area (Å²) in [6, 6.07) is 12.2. The van der Waals surface area contributed by atoms with E-state index in [1.807, 2.05) is 71.9 Å². The minimum Gasteiger partial charge on any atom is -0.479 e. The molecule has 2 aliphatic carbocycles. The van der Waals surface area contributed by atoms with Gasteiger partial charge in [0.15, 0.2) is 0 Å². The number of ether oxygens (including phenoxy) is 4. The van der Waals surface area contributed by atoms with E-state index in [0.29, 0.717) is 59.4 Å². The second-order valence-electron chi connectivity index (χ2n) is 16.5. The fourth-order valence-electron chi connectivity index (χ4n) is 6.60. The summed E-state index contributed by atoms with van der Waals surface area (Å²) >= 11 is 5.75. The first-order chi connectivity index (χ1) is 27.0. The molecule has 2 aliphatic rings. The second kappa shape index (κ2) is 21.2. The molecule has 0 spiro atoms. The Labute approximate surface area is 341 Å². The maximum atomic E-state index is 11.8. The summed E-state index contributed by atoms with van der Waals surface area (Å²) in [5.41, 5.74) is 6.41. The molecule has 2 saturated carbocycles. The lowest BCUT2D eigenvalue weighted by Gasteiger charge is -2.30. The molecule has 6 rings (SSSR count). The fraction of sp³-hybridized carbons (Fsp3) is 0.571. The van der Waals surface area contributed by atoms with Crippen LogP contribution in [-0.2, 0) is 9.47 Å². The lowest BCUT2D eigenvalue weighted by molar-refractivity contribution is 0.0503. The number of alkyl carbamates (subject to hydrolysis) is 2. The molecule has 0 aliphatic heterocycles. The summed E-state index contributed by atoms with van der Waals surface area (Å²) < 4.78 is 20.8. The maximum absolute atomic E-state index is 11.8. The molecule has 2 fully saturated rings. The van der Waals surface area contributed by atoms with Gasteiger partial charge in [-0.15, -0.1) is 0 Å². The number of aromatic nitrogens is 4. The van der Waals surface area contributed by atoms with Crippen molar-refractivity contribution in [3.8, 4) is 11.8 Å². The van der Waals surface area contributed by atoms with Gasteiger partial charge in [0.05, 0.1) is 14.2 Å². The molecule has 0 bridgehead atoms. The molecule has 0 saturated heterocycles. The van der Waals surface area contributed by atoms with E-state index in [9.17, 15) is 9.59 Å². The van der Waals surface area contributed by atoms with Crippen molar-refractivity contribution >= 4 is 51.4 Å². The number of nitrogens with zero attached hydrogens (tertiary/aromatic N) is 4. The number of anilines is 1. The summed E-state index contributed by atoms with van der Waals surface area (Å²) in [6.45, 7) is 12.6. The van der Waals surface area contributed by atoms with Crippen LogP contribution in [0.5, 0.6) is 11.8 Å². The van der Waals surface area contributed by atoms with Gasteiger partial charge in [0.2, 0.25) is 11.8 Å². The topological polar surface area (TPSA) is 185 Å². The van der Waals surface area contributed by atoms with Crippen LogP contribution in [0.3, 0.4) is 0 Å². The third kappa shape index (κ3) is 15.6. The van der Waals surface area contributed by atoms with Crippen molar-refractivity contribution in [1.29, 1.82) is 0 Å². The zero-order valence-electron chi connectivity index (χ0n) is 34.7. The van der Waals surface area contributed by atoms with Crippen molar-refractivity contribution in [3.05, 3.63) is 53.9 Å². The zero-order chi connectivity index (χ0) is 41.6. The van der Waals surface area contributed by atoms with Crippen LogP contribution in [-0.4, -0.2) is 82.7 Å². The van der Waals surface area contributed by atoms with Gasteiger partial charge in [-0.2, -0.15) is 0 Å². The molecule has 5 N–H and O–H groups in total. The van der Waals surface area contributed by atoms with Crippen LogP contribution in [0.25, 0.3) is 21.8 Å². The Morgan fingerprint density at radius 3 is 1.61 bits per heavy atom. The van der Waals surface area contributed by atoms with E-state index in [2.05, 4.69) is 35.9 Å². The van der Waals surface area contributed by atoms with E-state index >= 15 is 0 Å². The molecule has 14 nitrogen and oxygen atoms in total. The fourth-order valence-corrected chi connectivity index (χ4v) is 6.74. The molecule has 4 heterocycles. The first-order valence-electron chi connectivity index (χ1n) is 19.7. The Balaban J connectivity index is 0.000000209. The van der Waals surface area contributed by atoms with Crippen molar-refractivity contribution in [3.63, 3.8) is 0 Å². The number of halogens is 1. The maximum Gasteiger partial charge on any atom is 0.407 e. The highest BCUT2D eigenvalue weighted by atomic mass is 35.5. The number of methoxy groups -OCH3 is 2. The minimum atomic E-state index is -0.462. The van der Waals surface area contributed by atoms with Crippen LogP contribution >= 0.6 is 11.6 Å². The SMILES string of the molecule is CC(C)(C)OC(=O)NCC1CCC(N)CC1.COc1nccc2ccc(Cl)nc12.COc1nccc2ccc(NC3CCC(CNC(=O)OC(C)(C)C)CC3)nc12. The minimum absolute atomic E-state index is 0.317. The average molecular weight is 809 g/mol. The molecule has 4 aromatic heterocycles. The number of rotatable bonds is 8. The monoisotopic (exact) mass is 808 g/mol. The molecule has 2 amide bonds. The number of nitrogens with two attached hydrogens (primary N) is 1. The smallest absolute Gasteiger partial charge is 0.407 e. The number of fused-ring (bicyclic) bond motifs is 2. The van der Waals surface area contributed by atoms with Crippen LogP contribution in [0.2, 0.25) is 5.15 Å². The van der Waals surface area contributed by atoms with Crippen LogP contribution in [0.1, 0.15) is 92.9 Å². The summed E-state index contributed by atoms with van der Waals surface area (Å²) in [6.07, 6.45) is 11.3. The number of carbonyl (C=O) groups excluding carboxylic acids is 2. The summed E-state index contributed by atoms with van der Waals surface area (Å²) in [5, 5.41) is 11.7. The van der Waals surface area contributed by atoms with Crippen molar-refractivity contribution in [2.24, 2.45) is 17.6 Å². The largest absolute Gasteiger partial charge is 0.479 e. The van der Waals surface area contributed by atoms with Crippen LogP contribution in [0, 0.1) is 11.8 Å². The Bertz CT molecular complexity index is 1890. The van der Waals surface area contributed by atoms with E-state index in [-0.39, 0.29) is 12.2 Å². The van der Waals surface area contributed by atoms with Gasteiger partial charge in [-0.3, -0.25) is 0 Å². The zero-order valence-corrected chi connectivity index (χ0v) is 35.4. The lowest BCUT2D eigenvalue weighted by atomic mass is 9.86. The Hall–Kier alpha value is -4.69. The summed E-state index contributed by atoms with van der Waals surface area (Å²) in [5.74, 6) is 2.93. The van der Waals surface area contributed by atoms with E-state index in [0.717, 1.165) is 73.5 Å². The Morgan fingerprint density at radius 1 is 0.684 bits per heavy atom. The van der Waals surface area contributed by atoms with E-state index in [1.54, 1.807) is 32.7 Å². The molecular formula is C42H61ClN8O6.